The minimum absolute atomic E-state index is 0.194. The van der Waals surface area contributed by atoms with Crippen LogP contribution in [-0.2, 0) is 4.79 Å². The molecule has 0 unspecified atom stereocenters. The first kappa shape index (κ1) is 22.6. The fraction of sp³-hybridized carbons (Fsp3) is 0.364. The summed E-state index contributed by atoms with van der Waals surface area (Å²) in [5.74, 6) is 0.816. The summed E-state index contributed by atoms with van der Waals surface area (Å²) < 4.78 is 10.6. The van der Waals surface area contributed by atoms with Crippen molar-refractivity contribution in [2.45, 2.75) is 43.4 Å². The van der Waals surface area contributed by atoms with E-state index in [0.29, 0.717) is 22.7 Å². The molecule has 6 nitrogen and oxygen atoms in total. The number of carbonyl (C=O) groups is 2. The molecule has 0 radical (unpaired) electrons. The molecule has 1 atom stereocenters. The van der Waals surface area contributed by atoms with Crippen LogP contribution in [0.25, 0.3) is 0 Å². The lowest BCUT2D eigenvalue weighted by Crippen LogP contribution is -2.41. The van der Waals surface area contributed by atoms with Gasteiger partial charge in [0.2, 0.25) is 5.91 Å². The van der Waals surface area contributed by atoms with E-state index in [-0.39, 0.29) is 22.6 Å². The van der Waals surface area contributed by atoms with Crippen molar-refractivity contribution < 1.29 is 19.1 Å². The van der Waals surface area contributed by atoms with Gasteiger partial charge < -0.3 is 20.1 Å². The van der Waals surface area contributed by atoms with Crippen LogP contribution in [0.2, 0.25) is 0 Å². The molecule has 0 spiro atoms. The number of para-hydroxylation sites is 1. The fourth-order valence-electron chi connectivity index (χ4n) is 2.58. The van der Waals surface area contributed by atoms with E-state index in [4.69, 9.17) is 9.47 Å². The Kier molecular flexibility index (Phi) is 7.56. The Bertz CT molecular complexity index is 877. The number of rotatable bonds is 7. The van der Waals surface area contributed by atoms with Crippen molar-refractivity contribution in [1.82, 2.24) is 5.32 Å². The number of hydrogen-bond acceptors (Lipinski definition) is 5. The summed E-state index contributed by atoms with van der Waals surface area (Å²) in [5, 5.41) is 5.41. The Morgan fingerprint density at radius 2 is 1.66 bits per heavy atom. The number of benzene rings is 2. The molecule has 0 aliphatic rings. The van der Waals surface area contributed by atoms with E-state index in [0.717, 1.165) is 4.90 Å². The Morgan fingerprint density at radius 3 is 2.28 bits per heavy atom. The molecule has 2 amide bonds. The zero-order valence-electron chi connectivity index (χ0n) is 17.7. The predicted octanol–water partition coefficient (Wildman–Crippen LogP) is 4.35. The van der Waals surface area contributed by atoms with E-state index in [1.54, 1.807) is 44.6 Å². The summed E-state index contributed by atoms with van der Waals surface area (Å²) in [4.78, 5) is 26.2. The summed E-state index contributed by atoms with van der Waals surface area (Å²) in [6.07, 6.45) is 0. The van der Waals surface area contributed by atoms with Crippen molar-refractivity contribution in [1.29, 1.82) is 0 Å². The van der Waals surface area contributed by atoms with E-state index in [2.05, 4.69) is 10.6 Å². The molecule has 0 aliphatic carbocycles. The lowest BCUT2D eigenvalue weighted by molar-refractivity contribution is -0.115. The van der Waals surface area contributed by atoms with E-state index < -0.39 is 0 Å². The Hall–Kier alpha value is -2.67. The molecule has 0 aliphatic heterocycles. The van der Waals surface area contributed by atoms with Crippen molar-refractivity contribution in [3.05, 3.63) is 48.0 Å². The van der Waals surface area contributed by atoms with Crippen molar-refractivity contribution >= 4 is 29.3 Å². The summed E-state index contributed by atoms with van der Waals surface area (Å²) in [5.41, 5.74) is 0.545. The van der Waals surface area contributed by atoms with Gasteiger partial charge in [-0.15, -0.1) is 11.8 Å². The lowest BCUT2D eigenvalue weighted by atomic mass is 10.1. The third-order valence-corrected chi connectivity index (χ3v) is 5.05. The minimum Gasteiger partial charge on any atom is -0.493 e. The zero-order chi connectivity index (χ0) is 21.6. The van der Waals surface area contributed by atoms with Gasteiger partial charge in [0.25, 0.3) is 5.91 Å². The molecule has 0 bridgehead atoms. The van der Waals surface area contributed by atoms with Crippen LogP contribution in [0.4, 0.5) is 5.69 Å². The molecule has 2 aromatic rings. The van der Waals surface area contributed by atoms with Crippen LogP contribution in [0, 0.1) is 0 Å². The van der Waals surface area contributed by atoms with Gasteiger partial charge in [-0.2, -0.15) is 0 Å². The van der Waals surface area contributed by atoms with Gasteiger partial charge in [0.05, 0.1) is 30.7 Å². The Morgan fingerprint density at radius 1 is 1.00 bits per heavy atom. The third-order valence-electron chi connectivity index (χ3n) is 3.96. The van der Waals surface area contributed by atoms with Crippen molar-refractivity contribution in [3.63, 3.8) is 0 Å². The number of anilines is 1. The number of hydrogen-bond donors (Lipinski definition) is 2. The summed E-state index contributed by atoms with van der Waals surface area (Å²) in [6.45, 7) is 7.55. The van der Waals surface area contributed by atoms with Gasteiger partial charge in [-0.25, -0.2) is 0 Å². The van der Waals surface area contributed by atoms with Crippen LogP contribution in [-0.4, -0.2) is 36.8 Å². The smallest absolute Gasteiger partial charge is 0.253 e. The third kappa shape index (κ3) is 6.42. The second kappa shape index (κ2) is 9.69. The second-order valence-corrected chi connectivity index (χ2v) is 8.93. The maximum absolute atomic E-state index is 12.7. The highest BCUT2D eigenvalue weighted by Gasteiger charge is 2.21. The molecular formula is C22H28N2O4S. The van der Waals surface area contributed by atoms with Gasteiger partial charge in [-0.1, -0.05) is 12.1 Å². The molecule has 0 aromatic heterocycles. The quantitative estimate of drug-likeness (QED) is 0.656. The minimum atomic E-state index is -0.383. The van der Waals surface area contributed by atoms with E-state index in [1.807, 2.05) is 39.8 Å². The van der Waals surface area contributed by atoms with E-state index in [1.165, 1.54) is 11.8 Å². The fourth-order valence-corrected chi connectivity index (χ4v) is 3.48. The molecule has 156 valence electrons. The second-order valence-electron chi connectivity index (χ2n) is 7.52. The predicted molar refractivity (Wildman–Crippen MR) is 117 cm³/mol. The summed E-state index contributed by atoms with van der Waals surface area (Å²) >= 11 is 1.40. The number of carbonyl (C=O) groups excluding carboxylic acids is 2. The Labute approximate surface area is 176 Å². The first-order chi connectivity index (χ1) is 13.6. The highest BCUT2D eigenvalue weighted by molar-refractivity contribution is 8.00. The highest BCUT2D eigenvalue weighted by atomic mass is 32.2. The molecule has 0 heterocycles. The van der Waals surface area contributed by atoms with Crippen molar-refractivity contribution in [3.8, 4) is 11.5 Å². The van der Waals surface area contributed by atoms with Gasteiger partial charge in [0.1, 0.15) is 0 Å². The van der Waals surface area contributed by atoms with Crippen LogP contribution in [0.1, 0.15) is 38.1 Å². The van der Waals surface area contributed by atoms with Gasteiger partial charge >= 0.3 is 0 Å². The van der Waals surface area contributed by atoms with Crippen LogP contribution in [0.5, 0.6) is 11.5 Å². The Balaban J connectivity index is 2.11. The molecule has 2 rings (SSSR count). The van der Waals surface area contributed by atoms with Crippen LogP contribution in [0.15, 0.2) is 47.4 Å². The van der Waals surface area contributed by atoms with Crippen LogP contribution < -0.4 is 20.1 Å². The molecule has 0 fully saturated rings. The first-order valence-corrected chi connectivity index (χ1v) is 10.1. The average molecular weight is 417 g/mol. The topological polar surface area (TPSA) is 76.7 Å². The van der Waals surface area contributed by atoms with Gasteiger partial charge in [-0.05, 0) is 58.0 Å². The number of methoxy groups -OCH3 is 2. The molecule has 2 aromatic carbocycles. The maximum Gasteiger partial charge on any atom is 0.253 e. The standard InChI is InChI=1S/C22H28N2O4S/c1-14(29-15-11-12-18(27-5)19(13-15)28-6)20(25)23-17-10-8-7-9-16(17)21(26)24-22(2,3)4/h7-14H,1-6H3,(H,23,25)(H,24,26)/t14-/m1/s1. The number of thioether (sulfide) groups is 1. The van der Waals surface area contributed by atoms with Crippen LogP contribution >= 0.6 is 11.8 Å². The lowest BCUT2D eigenvalue weighted by Gasteiger charge is -2.22. The molecule has 7 heteroatoms. The van der Waals surface area contributed by atoms with E-state index >= 15 is 0 Å². The normalized spacial score (nSPS) is 12.1. The first-order valence-electron chi connectivity index (χ1n) is 9.25. The van der Waals surface area contributed by atoms with Gasteiger partial charge in [0.15, 0.2) is 11.5 Å². The number of ether oxygens (including phenoxy) is 2. The number of nitrogens with one attached hydrogen (secondary N) is 2. The molecule has 0 saturated carbocycles. The van der Waals surface area contributed by atoms with Gasteiger partial charge in [0, 0.05) is 10.4 Å². The molecule has 2 N–H and O–H groups in total. The van der Waals surface area contributed by atoms with Crippen LogP contribution in [0.3, 0.4) is 0 Å². The SMILES string of the molecule is COc1ccc(S[C@H](C)C(=O)Nc2ccccc2C(=O)NC(C)(C)C)cc1OC. The van der Waals surface area contributed by atoms with E-state index in [9.17, 15) is 9.59 Å². The zero-order valence-corrected chi connectivity index (χ0v) is 18.5. The number of amides is 2. The summed E-state index contributed by atoms with van der Waals surface area (Å²) in [6, 6.07) is 12.5. The average Bonchev–Trinajstić information content (AvgIpc) is 2.66. The molecule has 0 saturated heterocycles. The van der Waals surface area contributed by atoms with Crippen molar-refractivity contribution in [2.24, 2.45) is 0 Å². The highest BCUT2D eigenvalue weighted by Crippen LogP contribution is 2.33. The molecule has 29 heavy (non-hydrogen) atoms. The van der Waals surface area contributed by atoms with Gasteiger partial charge in [-0.3, -0.25) is 9.59 Å². The summed E-state index contributed by atoms with van der Waals surface area (Å²) in [7, 11) is 3.15. The molecular weight excluding hydrogens is 388 g/mol. The van der Waals surface area contributed by atoms with Crippen molar-refractivity contribution in [2.75, 3.05) is 19.5 Å². The monoisotopic (exact) mass is 416 g/mol. The largest absolute Gasteiger partial charge is 0.493 e. The maximum atomic E-state index is 12.7.